The number of carbonyl (C=O) groups is 1. The summed E-state index contributed by atoms with van der Waals surface area (Å²) in [6.07, 6.45) is 0.516. The van der Waals surface area contributed by atoms with E-state index < -0.39 is 17.7 Å². The van der Waals surface area contributed by atoms with E-state index in [1.165, 1.54) is 11.0 Å². The molecule has 140 valence electrons. The number of nitrogens with one attached hydrogen (secondary N) is 1. The van der Waals surface area contributed by atoms with Gasteiger partial charge in [0.2, 0.25) is 0 Å². The lowest BCUT2D eigenvalue weighted by Crippen LogP contribution is -2.31. The third-order valence-corrected chi connectivity index (χ3v) is 3.68. The number of aryl methyl sites for hydroxylation is 1. The van der Waals surface area contributed by atoms with E-state index in [0.29, 0.717) is 18.6 Å². The summed E-state index contributed by atoms with van der Waals surface area (Å²) in [7, 11) is 4.96. The molecule has 5 nitrogen and oxygen atoms in total. The summed E-state index contributed by atoms with van der Waals surface area (Å²) in [5.74, 6) is -1.13. The molecule has 2 aromatic rings. The van der Waals surface area contributed by atoms with Crippen LogP contribution in [-0.4, -0.2) is 38.4 Å². The first kappa shape index (κ1) is 19.7. The molecule has 7 heteroatoms. The summed E-state index contributed by atoms with van der Waals surface area (Å²) >= 11 is 0. The molecule has 0 heterocycles. The lowest BCUT2D eigenvalue weighted by molar-refractivity contribution is 0.163. The van der Waals surface area contributed by atoms with Gasteiger partial charge in [0, 0.05) is 26.6 Å². The third-order valence-electron chi connectivity index (χ3n) is 3.68. The molecule has 0 fully saturated rings. The fraction of sp³-hybridized carbons (Fsp3) is 0.316. The Hall–Kier alpha value is -2.67. The zero-order valence-corrected chi connectivity index (χ0v) is 15.0. The molecule has 1 atom stereocenters. The number of halogens is 2. The van der Waals surface area contributed by atoms with Gasteiger partial charge in [-0.05, 0) is 43.3 Å². The minimum Gasteiger partial charge on any atom is -0.475 e. The van der Waals surface area contributed by atoms with Gasteiger partial charge >= 0.3 is 6.09 Å². The van der Waals surface area contributed by atoms with Crippen LogP contribution in [0, 0.1) is 11.6 Å². The van der Waals surface area contributed by atoms with E-state index >= 15 is 0 Å². The molecule has 1 amide bonds. The van der Waals surface area contributed by atoms with Crippen molar-refractivity contribution >= 4 is 6.09 Å². The maximum atomic E-state index is 13.2. The number of rotatable bonds is 7. The van der Waals surface area contributed by atoms with Gasteiger partial charge in [-0.2, -0.15) is 0 Å². The number of ether oxygens (including phenoxy) is 2. The normalized spacial score (nSPS) is 11.7. The topological polar surface area (TPSA) is 50.8 Å². The van der Waals surface area contributed by atoms with Gasteiger partial charge in [-0.15, -0.1) is 0 Å². The van der Waals surface area contributed by atoms with Crippen LogP contribution in [-0.2, 0) is 6.42 Å². The van der Waals surface area contributed by atoms with Crippen LogP contribution in [0.1, 0.15) is 12.0 Å². The van der Waals surface area contributed by atoms with Gasteiger partial charge in [-0.3, -0.25) is 5.32 Å². The van der Waals surface area contributed by atoms with Crippen LogP contribution >= 0.6 is 0 Å². The van der Waals surface area contributed by atoms with Crippen LogP contribution in [0.3, 0.4) is 0 Å². The molecule has 0 radical (unpaired) electrons. The monoisotopic (exact) mass is 364 g/mol. The van der Waals surface area contributed by atoms with Crippen molar-refractivity contribution in [3.05, 3.63) is 59.7 Å². The van der Waals surface area contributed by atoms with Crippen molar-refractivity contribution in [2.45, 2.75) is 19.1 Å². The highest BCUT2D eigenvalue weighted by atomic mass is 19.2. The van der Waals surface area contributed by atoms with Crippen LogP contribution < -0.4 is 14.8 Å². The molecular formula is C19H22F2N2O3. The maximum Gasteiger partial charge on any atom is 0.414 e. The number of nitrogens with zero attached hydrogens (tertiary/aromatic N) is 1. The molecule has 0 saturated heterocycles. The molecule has 1 unspecified atom stereocenters. The molecule has 2 aromatic carbocycles. The summed E-state index contributed by atoms with van der Waals surface area (Å²) in [6, 6.07) is 10.6. The molecule has 26 heavy (non-hydrogen) atoms. The van der Waals surface area contributed by atoms with Crippen LogP contribution in [0.15, 0.2) is 42.5 Å². The number of amides is 1. The number of carbonyl (C=O) groups excluding carboxylic acids is 1. The fourth-order valence-electron chi connectivity index (χ4n) is 2.19. The van der Waals surface area contributed by atoms with Crippen molar-refractivity contribution in [2.24, 2.45) is 0 Å². The molecule has 2 rings (SSSR count). The standard InChI is InChI=1S/C19H22F2N2O3/c1-22-18(25-15-9-10-16(20)17(21)12-15)11-6-13-4-7-14(8-5-13)26-19(24)23(2)3/h4-5,7-10,12,18,22H,6,11H2,1-3H3. The molecule has 0 saturated carbocycles. The zero-order chi connectivity index (χ0) is 19.1. The van der Waals surface area contributed by atoms with Gasteiger partial charge in [0.1, 0.15) is 17.7 Å². The highest BCUT2D eigenvalue weighted by molar-refractivity contribution is 5.69. The molecule has 0 aliphatic carbocycles. The summed E-state index contributed by atoms with van der Waals surface area (Å²) < 4.78 is 37.0. The van der Waals surface area contributed by atoms with Crippen molar-refractivity contribution in [3.63, 3.8) is 0 Å². The lowest BCUT2D eigenvalue weighted by Gasteiger charge is -2.18. The van der Waals surface area contributed by atoms with E-state index in [-0.39, 0.29) is 12.0 Å². The minimum atomic E-state index is -0.944. The Balaban J connectivity index is 1.89. The largest absolute Gasteiger partial charge is 0.475 e. The van der Waals surface area contributed by atoms with Crippen molar-refractivity contribution in [2.75, 3.05) is 21.1 Å². The molecule has 0 aliphatic rings. The van der Waals surface area contributed by atoms with E-state index in [1.807, 2.05) is 12.1 Å². The SMILES string of the molecule is CNC(CCc1ccc(OC(=O)N(C)C)cc1)Oc1ccc(F)c(F)c1. The fourth-order valence-corrected chi connectivity index (χ4v) is 2.19. The Morgan fingerprint density at radius 3 is 2.31 bits per heavy atom. The first-order valence-electron chi connectivity index (χ1n) is 8.16. The second-order valence-electron chi connectivity index (χ2n) is 5.92. The Bertz CT molecular complexity index is 736. The predicted octanol–water partition coefficient (Wildman–Crippen LogP) is 3.58. The smallest absolute Gasteiger partial charge is 0.414 e. The van der Waals surface area contributed by atoms with E-state index in [1.54, 1.807) is 33.3 Å². The molecular weight excluding hydrogens is 342 g/mol. The van der Waals surface area contributed by atoms with Gasteiger partial charge in [0.05, 0.1) is 0 Å². The Labute approximate surface area is 151 Å². The average molecular weight is 364 g/mol. The lowest BCUT2D eigenvalue weighted by atomic mass is 10.1. The number of hydrogen-bond acceptors (Lipinski definition) is 4. The van der Waals surface area contributed by atoms with E-state index in [2.05, 4.69) is 5.32 Å². The van der Waals surface area contributed by atoms with Crippen LogP contribution in [0.5, 0.6) is 11.5 Å². The number of hydrogen-bond donors (Lipinski definition) is 1. The van der Waals surface area contributed by atoms with Crippen LogP contribution in [0.4, 0.5) is 13.6 Å². The van der Waals surface area contributed by atoms with E-state index in [4.69, 9.17) is 9.47 Å². The van der Waals surface area contributed by atoms with Crippen molar-refractivity contribution in [3.8, 4) is 11.5 Å². The third kappa shape index (κ3) is 5.70. The van der Waals surface area contributed by atoms with Gasteiger partial charge in [0.25, 0.3) is 0 Å². The highest BCUT2D eigenvalue weighted by Gasteiger charge is 2.11. The molecule has 0 aromatic heterocycles. The van der Waals surface area contributed by atoms with Gasteiger partial charge < -0.3 is 14.4 Å². The Morgan fingerprint density at radius 2 is 1.73 bits per heavy atom. The van der Waals surface area contributed by atoms with Gasteiger partial charge in [0.15, 0.2) is 11.6 Å². The summed E-state index contributed by atoms with van der Waals surface area (Å²) in [6.45, 7) is 0. The molecule has 0 spiro atoms. The summed E-state index contributed by atoms with van der Waals surface area (Å²) in [4.78, 5) is 12.8. The Morgan fingerprint density at radius 1 is 1.08 bits per heavy atom. The predicted molar refractivity (Wildman–Crippen MR) is 94.3 cm³/mol. The minimum absolute atomic E-state index is 0.259. The second kappa shape index (κ2) is 9.15. The molecule has 0 aliphatic heterocycles. The molecule has 1 N–H and O–H groups in total. The van der Waals surface area contributed by atoms with Gasteiger partial charge in [-0.25, -0.2) is 13.6 Å². The van der Waals surface area contributed by atoms with E-state index in [0.717, 1.165) is 17.7 Å². The van der Waals surface area contributed by atoms with Crippen molar-refractivity contribution in [1.82, 2.24) is 10.2 Å². The van der Waals surface area contributed by atoms with Crippen molar-refractivity contribution < 1.29 is 23.0 Å². The second-order valence-corrected chi connectivity index (χ2v) is 5.92. The quantitative estimate of drug-likeness (QED) is 0.763. The average Bonchev–Trinajstić information content (AvgIpc) is 2.62. The first-order valence-corrected chi connectivity index (χ1v) is 8.16. The first-order chi connectivity index (χ1) is 12.4. The van der Waals surface area contributed by atoms with Crippen LogP contribution in [0.25, 0.3) is 0 Å². The Kier molecular flexibility index (Phi) is 6.91. The number of benzene rings is 2. The van der Waals surface area contributed by atoms with E-state index in [9.17, 15) is 13.6 Å². The van der Waals surface area contributed by atoms with Crippen LogP contribution in [0.2, 0.25) is 0 Å². The summed E-state index contributed by atoms with van der Waals surface area (Å²) in [5, 5.41) is 2.99. The zero-order valence-electron chi connectivity index (χ0n) is 15.0. The van der Waals surface area contributed by atoms with Crippen molar-refractivity contribution in [1.29, 1.82) is 0 Å². The van der Waals surface area contributed by atoms with Gasteiger partial charge in [-0.1, -0.05) is 12.1 Å². The highest BCUT2D eigenvalue weighted by Crippen LogP contribution is 2.19. The maximum absolute atomic E-state index is 13.2. The molecule has 0 bridgehead atoms. The summed E-state index contributed by atoms with van der Waals surface area (Å²) in [5.41, 5.74) is 1.03.